The van der Waals surface area contributed by atoms with Crippen molar-refractivity contribution in [2.45, 2.75) is 55.4 Å². The molecule has 0 aliphatic carbocycles. The van der Waals surface area contributed by atoms with E-state index in [0.29, 0.717) is 0 Å². The Morgan fingerprint density at radius 3 is 1.00 bits per heavy atom. The summed E-state index contributed by atoms with van der Waals surface area (Å²) < 4.78 is 4.92. The molecule has 0 saturated carbocycles. The molecule has 2 rings (SSSR count). The van der Waals surface area contributed by atoms with Crippen LogP contribution in [0.25, 0.3) is 0 Å². The zero-order chi connectivity index (χ0) is 16.2. The van der Waals surface area contributed by atoms with Crippen LogP contribution in [0.3, 0.4) is 0 Å². The lowest BCUT2D eigenvalue weighted by Crippen LogP contribution is -1.94. The molecule has 21 heavy (non-hydrogen) atoms. The Balaban J connectivity index is 0.00000106. The fraction of sp³-hybridized carbons (Fsp3) is 0.400. The number of rotatable bonds is 2. The second kappa shape index (κ2) is 7.31. The molecule has 1 nitrogen and oxygen atoms in total. The Kier molecular flexibility index (Phi) is 6.02. The van der Waals surface area contributed by atoms with Crippen molar-refractivity contribution in [1.29, 1.82) is 0 Å². The molecule has 0 amide bonds. The highest BCUT2D eigenvalue weighted by atomic mass is 16.5. The van der Waals surface area contributed by atoms with E-state index in [9.17, 15) is 0 Å². The zero-order valence-electron chi connectivity index (χ0n) is 14.8. The van der Waals surface area contributed by atoms with Crippen molar-refractivity contribution in [2.24, 2.45) is 0 Å². The molecule has 0 heterocycles. The van der Waals surface area contributed by atoms with Gasteiger partial charge in [-0.1, -0.05) is 13.8 Å². The maximum absolute atomic E-state index is 4.92. The highest BCUT2D eigenvalue weighted by molar-refractivity contribution is 5.48. The summed E-state index contributed by atoms with van der Waals surface area (Å²) >= 11 is 0. The van der Waals surface area contributed by atoms with E-state index in [-0.39, 0.29) is 0 Å². The second-order valence-corrected chi connectivity index (χ2v) is 5.61. The van der Waals surface area contributed by atoms with E-state index >= 15 is 0 Å². The van der Waals surface area contributed by atoms with E-state index in [1.54, 1.807) is 0 Å². The Hall–Kier alpha value is -1.76. The van der Waals surface area contributed by atoms with Gasteiger partial charge in [-0.05, 0) is 76.9 Å². The van der Waals surface area contributed by atoms with Crippen molar-refractivity contribution in [3.63, 3.8) is 0 Å². The van der Waals surface area contributed by atoms with Crippen LogP contribution in [0.2, 0.25) is 0 Å². The number of aryl methyl sites for hydroxylation is 6. The number of benzene rings is 2. The molecule has 2 aromatic carbocycles. The topological polar surface area (TPSA) is 12.8 Å². The minimum atomic E-state index is 1.11. The molecule has 0 spiro atoms. The highest BCUT2D eigenvalue weighted by Crippen LogP contribution is 2.35. The van der Waals surface area contributed by atoms with Gasteiger partial charge < -0.3 is 4.74 Å². The van der Waals surface area contributed by atoms with Crippen molar-refractivity contribution in [1.82, 2.24) is 0 Å². The summed E-state index contributed by atoms with van der Waals surface area (Å²) in [7, 11) is 0. The Morgan fingerprint density at radius 1 is 0.524 bits per heavy atom. The van der Waals surface area contributed by atoms with Crippen LogP contribution in [0.4, 0.5) is 0 Å². The molecule has 1 heteroatoms. The molecule has 0 fully saturated rings. The molecule has 0 aromatic heterocycles. The first-order chi connectivity index (χ1) is 9.88. The fourth-order valence-electron chi connectivity index (χ4n) is 2.81. The smallest absolute Gasteiger partial charge is 0.266 e. The largest absolute Gasteiger partial charge is 0.545 e. The summed E-state index contributed by atoms with van der Waals surface area (Å²) in [6.07, 6.45) is 0. The summed E-state index contributed by atoms with van der Waals surface area (Å²) in [6, 6.07) is 8.80. The van der Waals surface area contributed by atoms with Gasteiger partial charge in [0.1, 0.15) is 0 Å². The van der Waals surface area contributed by atoms with Crippen LogP contribution in [-0.2, 0) is 0 Å². The molecule has 0 saturated heterocycles. The van der Waals surface area contributed by atoms with Gasteiger partial charge in [-0.2, -0.15) is 0 Å². The quantitative estimate of drug-likeness (QED) is 0.581. The number of hydrogen-bond acceptors (Lipinski definition) is 0. The molecule has 114 valence electrons. The standard InChI is InChI=1S/C18H22O.C2H6/c1-11-7-13(3)17(14(4)8-11)19-18-15(5)9-12(2)10-16(18)6;1-2/h7-10H,1-6H3;1-2H3/p+1. The summed E-state index contributed by atoms with van der Waals surface area (Å²) in [6.45, 7) is 16.8. The van der Waals surface area contributed by atoms with Crippen molar-refractivity contribution in [3.05, 3.63) is 57.6 Å². The van der Waals surface area contributed by atoms with Crippen LogP contribution in [0.1, 0.15) is 47.2 Å². The van der Waals surface area contributed by atoms with Crippen LogP contribution in [-0.4, -0.2) is 4.74 Å². The van der Waals surface area contributed by atoms with Gasteiger partial charge >= 0.3 is 0 Å². The maximum Gasteiger partial charge on any atom is 0.266 e. The molecule has 1 N–H and O–H groups in total. The molecule has 0 bridgehead atoms. The molecular weight excluding hydrogens is 256 g/mol. The van der Waals surface area contributed by atoms with Gasteiger partial charge in [0.05, 0.1) is 0 Å². The van der Waals surface area contributed by atoms with Crippen molar-refractivity contribution >= 4 is 0 Å². The molecule has 0 atom stereocenters. The van der Waals surface area contributed by atoms with Crippen molar-refractivity contribution in [3.8, 4) is 11.5 Å². The molecular formula is C20H29O+. The van der Waals surface area contributed by atoms with Gasteiger partial charge in [-0.15, -0.1) is 0 Å². The van der Waals surface area contributed by atoms with E-state index in [0.717, 1.165) is 11.5 Å². The first-order valence-electron chi connectivity index (χ1n) is 7.76. The van der Waals surface area contributed by atoms with Crippen molar-refractivity contribution in [2.75, 3.05) is 0 Å². The summed E-state index contributed by atoms with van der Waals surface area (Å²) in [5.74, 6) is 2.22. The lowest BCUT2D eigenvalue weighted by Gasteiger charge is -2.13. The van der Waals surface area contributed by atoms with Crippen LogP contribution in [0.5, 0.6) is 11.5 Å². The lowest BCUT2D eigenvalue weighted by molar-refractivity contribution is 0.191. The van der Waals surface area contributed by atoms with Crippen LogP contribution >= 0.6 is 0 Å². The summed E-state index contributed by atoms with van der Waals surface area (Å²) in [4.78, 5) is 0. The van der Waals surface area contributed by atoms with E-state index in [2.05, 4.69) is 65.8 Å². The van der Waals surface area contributed by atoms with Gasteiger partial charge in [-0.3, -0.25) is 0 Å². The van der Waals surface area contributed by atoms with Crippen molar-refractivity contribution < 1.29 is 4.74 Å². The predicted molar refractivity (Wildman–Crippen MR) is 93.8 cm³/mol. The first-order valence-corrected chi connectivity index (χ1v) is 7.76. The average Bonchev–Trinajstić information content (AvgIpc) is 2.38. The Labute approximate surface area is 130 Å². The minimum absolute atomic E-state index is 1.11. The molecule has 0 radical (unpaired) electrons. The third-order valence-electron chi connectivity index (χ3n) is 3.49. The molecule has 0 aliphatic rings. The van der Waals surface area contributed by atoms with E-state index in [4.69, 9.17) is 4.74 Å². The molecule has 0 unspecified atom stereocenters. The first kappa shape index (κ1) is 17.3. The van der Waals surface area contributed by atoms with Gasteiger partial charge in [0.2, 0.25) is 0 Å². The van der Waals surface area contributed by atoms with Crippen LogP contribution < -0.4 is 0 Å². The third-order valence-corrected chi connectivity index (χ3v) is 3.49. The molecule has 0 aliphatic heterocycles. The normalized spacial score (nSPS) is 9.90. The maximum atomic E-state index is 4.92. The monoisotopic (exact) mass is 285 g/mol. The van der Waals surface area contributed by atoms with Gasteiger partial charge in [-0.25, -0.2) is 0 Å². The third kappa shape index (κ3) is 4.10. The Morgan fingerprint density at radius 2 is 0.762 bits per heavy atom. The summed E-state index contributed by atoms with van der Waals surface area (Å²) in [5.41, 5.74) is 7.58. The van der Waals surface area contributed by atoms with E-state index < -0.39 is 0 Å². The predicted octanol–water partition coefficient (Wildman–Crippen LogP) is 6.22. The SMILES string of the molecule is CC.Cc1cc(C)c([OH+]c2c(C)cc(C)cc2C)c(C)c1. The number of hydrogen-bond donors (Lipinski definition) is 0. The van der Waals surface area contributed by atoms with Gasteiger partial charge in [0, 0.05) is 22.3 Å². The fourth-order valence-corrected chi connectivity index (χ4v) is 2.81. The van der Waals surface area contributed by atoms with Gasteiger partial charge in [0.15, 0.2) is 0 Å². The van der Waals surface area contributed by atoms with Crippen LogP contribution in [0, 0.1) is 41.5 Å². The number of aromatic hydroxyl groups is 2. The second-order valence-electron chi connectivity index (χ2n) is 5.61. The van der Waals surface area contributed by atoms with Crippen LogP contribution in [0.15, 0.2) is 24.3 Å². The zero-order valence-corrected chi connectivity index (χ0v) is 14.8. The lowest BCUT2D eigenvalue weighted by atomic mass is 10.0. The number of ether oxygens (including phenoxy) is 1. The Bertz CT molecular complexity index is 522. The van der Waals surface area contributed by atoms with E-state index in [1.165, 1.54) is 33.4 Å². The minimum Gasteiger partial charge on any atom is -0.545 e. The summed E-state index contributed by atoms with van der Waals surface area (Å²) in [5, 5.41) is 0. The average molecular weight is 285 g/mol. The molecule has 2 aromatic rings. The van der Waals surface area contributed by atoms with Gasteiger partial charge in [0.25, 0.3) is 11.5 Å². The van der Waals surface area contributed by atoms with E-state index in [1.807, 2.05) is 13.8 Å². The highest BCUT2D eigenvalue weighted by Gasteiger charge is 2.16.